The van der Waals surface area contributed by atoms with E-state index < -0.39 is 0 Å². The van der Waals surface area contributed by atoms with Crippen LogP contribution >= 0.6 is 0 Å². The third kappa shape index (κ3) is 3.50. The smallest absolute Gasteiger partial charge is 0.146 e. The first-order chi connectivity index (χ1) is 5.43. The summed E-state index contributed by atoms with van der Waals surface area (Å²) in [5, 5.41) is 0. The van der Waals surface area contributed by atoms with Gasteiger partial charge in [0, 0.05) is 0 Å². The first kappa shape index (κ1) is 8.71. The molecule has 3 heteroatoms. The van der Waals surface area contributed by atoms with Gasteiger partial charge in [-0.3, -0.25) is 0 Å². The van der Waals surface area contributed by atoms with Crippen LogP contribution in [0.3, 0.4) is 0 Å². The van der Waals surface area contributed by atoms with Gasteiger partial charge >= 0.3 is 0 Å². The fraction of sp³-hybridized carbons (Fsp3) is 0.250. The van der Waals surface area contributed by atoms with Crippen molar-refractivity contribution in [3.05, 3.63) is 35.9 Å². The van der Waals surface area contributed by atoms with Crippen molar-refractivity contribution in [3.63, 3.8) is 0 Å². The van der Waals surface area contributed by atoms with E-state index in [1.54, 1.807) is 0 Å². The monoisotopic (exact) mass is 182 g/mol. The Labute approximate surface area is 73.3 Å². The van der Waals surface area contributed by atoms with Crippen LogP contribution in [0.5, 0.6) is 0 Å². The van der Waals surface area contributed by atoms with Crippen LogP contribution in [0.1, 0.15) is 5.56 Å². The highest BCUT2D eigenvalue weighted by molar-refractivity contribution is 6.34. The number of hydrogen-bond donors (Lipinski definition) is 0. The topological polar surface area (TPSA) is 9.23 Å². The lowest BCUT2D eigenvalue weighted by Crippen LogP contribution is -1.96. The zero-order chi connectivity index (χ0) is 7.94. The standard InChI is InChI=1S/C8H14OSi2/c10-9-11-7-6-8-4-2-1-3-5-8/h1-5H,6-7,11H2,10H3. The molecule has 60 valence electrons. The summed E-state index contributed by atoms with van der Waals surface area (Å²) < 4.78 is 5.24. The Bertz CT molecular complexity index is 189. The molecule has 0 aliphatic heterocycles. The predicted molar refractivity (Wildman–Crippen MR) is 54.5 cm³/mol. The Balaban J connectivity index is 2.28. The van der Waals surface area contributed by atoms with Crippen LogP contribution in [0.2, 0.25) is 6.04 Å². The van der Waals surface area contributed by atoms with Crippen LogP contribution in [0.25, 0.3) is 0 Å². The number of benzene rings is 1. The molecule has 1 rings (SSSR count). The highest BCUT2D eigenvalue weighted by Crippen LogP contribution is 2.01. The van der Waals surface area contributed by atoms with E-state index in [9.17, 15) is 0 Å². The minimum atomic E-state index is -0.160. The Morgan fingerprint density at radius 3 is 2.64 bits per heavy atom. The Morgan fingerprint density at radius 1 is 1.27 bits per heavy atom. The molecular formula is C8H14OSi2. The highest BCUT2D eigenvalue weighted by atomic mass is 28.3. The Hall–Kier alpha value is -0.386. The van der Waals surface area contributed by atoms with Crippen LogP contribution < -0.4 is 0 Å². The van der Waals surface area contributed by atoms with Crippen LogP contribution in [-0.4, -0.2) is 20.2 Å². The van der Waals surface area contributed by atoms with Gasteiger partial charge in [0.15, 0.2) is 0 Å². The lowest BCUT2D eigenvalue weighted by molar-refractivity contribution is 0.658. The van der Waals surface area contributed by atoms with E-state index in [4.69, 9.17) is 4.12 Å². The van der Waals surface area contributed by atoms with E-state index in [0.717, 1.165) is 10.5 Å². The molecule has 11 heavy (non-hydrogen) atoms. The summed E-state index contributed by atoms with van der Waals surface area (Å²) in [5.41, 5.74) is 1.44. The van der Waals surface area contributed by atoms with Crippen LogP contribution in [0.4, 0.5) is 0 Å². The minimum Gasteiger partial charge on any atom is -0.468 e. The van der Waals surface area contributed by atoms with E-state index >= 15 is 0 Å². The molecule has 0 aliphatic rings. The van der Waals surface area contributed by atoms with Gasteiger partial charge in [0.05, 0.1) is 0 Å². The largest absolute Gasteiger partial charge is 0.468 e. The molecule has 0 amide bonds. The van der Waals surface area contributed by atoms with E-state index in [1.807, 2.05) is 0 Å². The summed E-state index contributed by atoms with van der Waals surface area (Å²) in [4.78, 5) is 0. The molecule has 0 unspecified atom stereocenters. The number of hydrogen-bond acceptors (Lipinski definition) is 1. The summed E-state index contributed by atoms with van der Waals surface area (Å²) in [6.07, 6.45) is 1.20. The maximum Gasteiger partial charge on any atom is 0.146 e. The van der Waals surface area contributed by atoms with E-state index in [2.05, 4.69) is 30.3 Å². The lowest BCUT2D eigenvalue weighted by Gasteiger charge is -1.98. The third-order valence-corrected chi connectivity index (χ3v) is 3.93. The quantitative estimate of drug-likeness (QED) is 0.471. The second kappa shape index (κ2) is 5.29. The first-order valence-electron chi connectivity index (χ1n) is 3.96. The van der Waals surface area contributed by atoms with Gasteiger partial charge in [0.1, 0.15) is 20.2 Å². The molecule has 0 heterocycles. The van der Waals surface area contributed by atoms with E-state index in [-0.39, 0.29) is 9.76 Å². The molecule has 0 aromatic heterocycles. The van der Waals surface area contributed by atoms with Crippen molar-refractivity contribution < 1.29 is 4.12 Å². The molecule has 0 bridgehead atoms. The normalized spacial score (nSPS) is 11.3. The molecule has 0 spiro atoms. The summed E-state index contributed by atoms with van der Waals surface area (Å²) >= 11 is 0. The van der Waals surface area contributed by atoms with Gasteiger partial charge in [0.2, 0.25) is 0 Å². The second-order valence-electron chi connectivity index (χ2n) is 2.58. The lowest BCUT2D eigenvalue weighted by atomic mass is 10.2. The Morgan fingerprint density at radius 2 is 2.00 bits per heavy atom. The molecule has 1 nitrogen and oxygen atoms in total. The van der Waals surface area contributed by atoms with Crippen LogP contribution in [0, 0.1) is 0 Å². The maximum absolute atomic E-state index is 5.24. The molecule has 1 aromatic rings. The third-order valence-electron chi connectivity index (χ3n) is 1.66. The second-order valence-corrected chi connectivity index (χ2v) is 6.01. The maximum atomic E-state index is 5.24. The van der Waals surface area contributed by atoms with Crippen molar-refractivity contribution in [2.24, 2.45) is 0 Å². The van der Waals surface area contributed by atoms with Gasteiger partial charge in [-0.2, -0.15) is 0 Å². The van der Waals surface area contributed by atoms with Crippen LogP contribution in [0.15, 0.2) is 30.3 Å². The summed E-state index contributed by atoms with van der Waals surface area (Å²) in [7, 11) is 0.767. The van der Waals surface area contributed by atoms with Crippen molar-refractivity contribution >= 4 is 20.2 Å². The Kier molecular flexibility index (Phi) is 4.19. The highest BCUT2D eigenvalue weighted by Gasteiger charge is 1.90. The SMILES string of the molecule is [SiH3]O[SiH2]CCc1ccccc1. The van der Waals surface area contributed by atoms with Crippen molar-refractivity contribution in [1.29, 1.82) is 0 Å². The fourth-order valence-corrected chi connectivity index (χ4v) is 2.77. The summed E-state index contributed by atoms with van der Waals surface area (Å²) in [5.74, 6) is 0. The van der Waals surface area contributed by atoms with Gasteiger partial charge < -0.3 is 4.12 Å². The molecule has 0 fully saturated rings. The zero-order valence-electron chi connectivity index (χ0n) is 6.92. The molecule has 0 saturated carbocycles. The fourth-order valence-electron chi connectivity index (χ4n) is 1.07. The molecule has 0 N–H and O–H groups in total. The van der Waals surface area contributed by atoms with Crippen molar-refractivity contribution in [2.75, 3.05) is 0 Å². The number of rotatable bonds is 4. The van der Waals surface area contributed by atoms with E-state index in [0.29, 0.717) is 0 Å². The predicted octanol–water partition coefficient (Wildman–Crippen LogP) is 0.0282. The van der Waals surface area contributed by atoms with Gasteiger partial charge in [-0.25, -0.2) is 0 Å². The van der Waals surface area contributed by atoms with E-state index in [1.165, 1.54) is 18.0 Å². The van der Waals surface area contributed by atoms with Gasteiger partial charge in [-0.1, -0.05) is 30.3 Å². The van der Waals surface area contributed by atoms with Crippen LogP contribution in [-0.2, 0) is 10.5 Å². The molecule has 0 aliphatic carbocycles. The molecule has 0 saturated heterocycles. The first-order valence-corrected chi connectivity index (χ1v) is 6.36. The van der Waals surface area contributed by atoms with Crippen molar-refractivity contribution in [1.82, 2.24) is 0 Å². The van der Waals surface area contributed by atoms with Gasteiger partial charge in [-0.15, -0.1) is 0 Å². The molecule has 1 aromatic carbocycles. The van der Waals surface area contributed by atoms with Gasteiger partial charge in [0.25, 0.3) is 0 Å². The molecular weight excluding hydrogens is 168 g/mol. The zero-order valence-corrected chi connectivity index (χ0v) is 10.3. The average molecular weight is 182 g/mol. The van der Waals surface area contributed by atoms with Crippen molar-refractivity contribution in [3.8, 4) is 0 Å². The summed E-state index contributed by atoms with van der Waals surface area (Å²) in [6, 6.07) is 11.9. The average Bonchev–Trinajstić information content (AvgIpc) is 2.07. The summed E-state index contributed by atoms with van der Waals surface area (Å²) in [6.45, 7) is 0. The molecule has 0 radical (unpaired) electrons. The number of aryl methyl sites for hydroxylation is 1. The molecule has 0 atom stereocenters. The van der Waals surface area contributed by atoms with Crippen molar-refractivity contribution in [2.45, 2.75) is 12.5 Å². The van der Waals surface area contributed by atoms with Gasteiger partial charge in [-0.05, 0) is 18.0 Å². The minimum absolute atomic E-state index is 0.160.